The molecule has 29 heavy (non-hydrogen) atoms. The highest BCUT2D eigenvalue weighted by Crippen LogP contribution is 2.15. The van der Waals surface area contributed by atoms with Crippen molar-refractivity contribution in [3.63, 3.8) is 0 Å². The Morgan fingerprint density at radius 3 is 2.52 bits per heavy atom. The number of nitrogens with zero attached hydrogens (tertiary/aromatic N) is 2. The first-order valence-electron chi connectivity index (χ1n) is 8.85. The second-order valence-corrected chi connectivity index (χ2v) is 7.32. The molecule has 0 aliphatic rings. The van der Waals surface area contributed by atoms with E-state index < -0.39 is 17.4 Å². The van der Waals surface area contributed by atoms with Crippen LogP contribution in [0.25, 0.3) is 10.8 Å². The standard InChI is InChI=1S/C20H19FN4O3S/c21-16-8-4-1-5-13(16)12-29-10-9-23-17(26)11-25-20(28)15-7-3-2-6-14(15)18(24-25)19(22)27/h1-8H,9-12H2,(H2,22,27)(H,23,26). The van der Waals surface area contributed by atoms with Crippen LogP contribution in [0.3, 0.4) is 0 Å². The highest BCUT2D eigenvalue weighted by atomic mass is 32.2. The zero-order valence-corrected chi connectivity index (χ0v) is 16.2. The number of primary amides is 1. The van der Waals surface area contributed by atoms with E-state index >= 15 is 0 Å². The van der Waals surface area contributed by atoms with E-state index in [9.17, 15) is 18.8 Å². The molecule has 0 spiro atoms. The summed E-state index contributed by atoms with van der Waals surface area (Å²) in [6.07, 6.45) is 0. The normalized spacial score (nSPS) is 10.8. The predicted octanol–water partition coefficient (Wildman–Crippen LogP) is 1.68. The Morgan fingerprint density at radius 2 is 1.79 bits per heavy atom. The molecule has 3 aromatic rings. The van der Waals surface area contributed by atoms with Gasteiger partial charge in [-0.15, -0.1) is 0 Å². The summed E-state index contributed by atoms with van der Waals surface area (Å²) < 4.78 is 14.5. The average Bonchev–Trinajstić information content (AvgIpc) is 2.71. The molecule has 7 nitrogen and oxygen atoms in total. The number of aromatic nitrogens is 2. The van der Waals surface area contributed by atoms with Crippen LogP contribution in [0.5, 0.6) is 0 Å². The van der Waals surface area contributed by atoms with Gasteiger partial charge in [-0.3, -0.25) is 14.4 Å². The number of benzene rings is 2. The van der Waals surface area contributed by atoms with E-state index in [2.05, 4.69) is 10.4 Å². The Labute approximate surface area is 170 Å². The SMILES string of the molecule is NC(=O)c1nn(CC(=O)NCCSCc2ccccc2F)c(=O)c2ccccc12. The van der Waals surface area contributed by atoms with Gasteiger partial charge in [0.1, 0.15) is 12.4 Å². The largest absolute Gasteiger partial charge is 0.364 e. The molecule has 0 aliphatic heterocycles. The first-order chi connectivity index (χ1) is 14.0. The van der Waals surface area contributed by atoms with Crippen LogP contribution < -0.4 is 16.6 Å². The van der Waals surface area contributed by atoms with E-state index in [1.54, 1.807) is 42.5 Å². The molecule has 0 bridgehead atoms. The first kappa shape index (κ1) is 20.5. The molecule has 1 heterocycles. The second kappa shape index (κ2) is 9.33. The van der Waals surface area contributed by atoms with Crippen molar-refractivity contribution in [1.82, 2.24) is 15.1 Å². The lowest BCUT2D eigenvalue weighted by Gasteiger charge is -2.10. The molecule has 3 rings (SSSR count). The third-order valence-corrected chi connectivity index (χ3v) is 5.19. The van der Waals surface area contributed by atoms with E-state index in [1.807, 2.05) is 0 Å². The molecule has 9 heteroatoms. The van der Waals surface area contributed by atoms with Crippen molar-refractivity contribution in [3.8, 4) is 0 Å². The quantitative estimate of drug-likeness (QED) is 0.546. The number of hydrogen-bond acceptors (Lipinski definition) is 5. The number of fused-ring (bicyclic) bond motifs is 1. The van der Waals surface area contributed by atoms with Gasteiger partial charge >= 0.3 is 0 Å². The third-order valence-electron chi connectivity index (χ3n) is 4.18. The van der Waals surface area contributed by atoms with E-state index in [4.69, 9.17) is 5.73 Å². The number of carbonyl (C=O) groups is 2. The van der Waals surface area contributed by atoms with Gasteiger partial charge in [-0.2, -0.15) is 16.9 Å². The first-order valence-corrected chi connectivity index (χ1v) is 10.0. The lowest BCUT2D eigenvalue weighted by Crippen LogP contribution is -2.36. The van der Waals surface area contributed by atoms with Crippen LogP contribution >= 0.6 is 11.8 Å². The minimum absolute atomic E-state index is 0.0616. The summed E-state index contributed by atoms with van der Waals surface area (Å²) in [7, 11) is 0. The van der Waals surface area contributed by atoms with Crippen LogP contribution in [-0.4, -0.2) is 33.9 Å². The van der Waals surface area contributed by atoms with Crippen molar-refractivity contribution in [2.45, 2.75) is 12.3 Å². The van der Waals surface area contributed by atoms with Crippen molar-refractivity contribution >= 4 is 34.3 Å². The van der Waals surface area contributed by atoms with Gasteiger partial charge in [0.2, 0.25) is 5.91 Å². The number of halogens is 1. The average molecular weight is 414 g/mol. The van der Waals surface area contributed by atoms with E-state index in [-0.39, 0.29) is 23.4 Å². The third kappa shape index (κ3) is 5.00. The van der Waals surface area contributed by atoms with Gasteiger partial charge in [-0.05, 0) is 17.7 Å². The predicted molar refractivity (Wildman–Crippen MR) is 110 cm³/mol. The molecule has 150 valence electrons. The minimum atomic E-state index is -0.778. The molecule has 0 unspecified atom stereocenters. The number of nitrogens with one attached hydrogen (secondary N) is 1. The van der Waals surface area contributed by atoms with Crippen LogP contribution in [0, 0.1) is 5.82 Å². The van der Waals surface area contributed by atoms with Crippen molar-refractivity contribution in [2.24, 2.45) is 5.73 Å². The molecular formula is C20H19FN4O3S. The summed E-state index contributed by atoms with van der Waals surface area (Å²) in [5.41, 5.74) is 5.42. The van der Waals surface area contributed by atoms with Crippen LogP contribution in [0.2, 0.25) is 0 Å². The zero-order chi connectivity index (χ0) is 20.8. The Bertz CT molecular complexity index is 1120. The lowest BCUT2D eigenvalue weighted by atomic mass is 10.1. The van der Waals surface area contributed by atoms with Crippen molar-refractivity contribution in [1.29, 1.82) is 0 Å². The molecule has 0 atom stereocenters. The Kier molecular flexibility index (Phi) is 6.61. The molecule has 3 N–H and O–H groups in total. The molecule has 0 saturated carbocycles. The Morgan fingerprint density at radius 1 is 1.10 bits per heavy atom. The highest BCUT2D eigenvalue weighted by molar-refractivity contribution is 7.98. The highest BCUT2D eigenvalue weighted by Gasteiger charge is 2.15. The van der Waals surface area contributed by atoms with E-state index in [0.29, 0.717) is 29.0 Å². The van der Waals surface area contributed by atoms with Crippen LogP contribution in [0.15, 0.2) is 53.3 Å². The van der Waals surface area contributed by atoms with Gasteiger partial charge in [-0.25, -0.2) is 9.07 Å². The molecule has 0 radical (unpaired) electrons. The number of nitrogens with two attached hydrogens (primary N) is 1. The second-order valence-electron chi connectivity index (χ2n) is 6.22. The van der Waals surface area contributed by atoms with Crippen molar-refractivity contribution in [2.75, 3.05) is 12.3 Å². The topological polar surface area (TPSA) is 107 Å². The lowest BCUT2D eigenvalue weighted by molar-refractivity contribution is -0.121. The van der Waals surface area contributed by atoms with Gasteiger partial charge in [0.25, 0.3) is 11.5 Å². The fourth-order valence-corrected chi connectivity index (χ4v) is 3.62. The fourth-order valence-electron chi connectivity index (χ4n) is 2.78. The maximum Gasteiger partial charge on any atom is 0.275 e. The van der Waals surface area contributed by atoms with Gasteiger partial charge in [0, 0.05) is 23.4 Å². The number of rotatable bonds is 8. The maximum absolute atomic E-state index is 13.6. The van der Waals surface area contributed by atoms with E-state index in [0.717, 1.165) is 4.68 Å². The van der Waals surface area contributed by atoms with Gasteiger partial charge in [-0.1, -0.05) is 36.4 Å². The van der Waals surface area contributed by atoms with Crippen molar-refractivity contribution < 1.29 is 14.0 Å². The smallest absolute Gasteiger partial charge is 0.275 e. The van der Waals surface area contributed by atoms with Gasteiger partial charge in [0.15, 0.2) is 5.69 Å². The summed E-state index contributed by atoms with van der Waals surface area (Å²) in [6.45, 7) is 0.0187. The molecular weight excluding hydrogens is 395 g/mol. The number of hydrogen-bond donors (Lipinski definition) is 2. The summed E-state index contributed by atoms with van der Waals surface area (Å²) in [4.78, 5) is 36.4. The van der Waals surface area contributed by atoms with Crippen LogP contribution in [0.4, 0.5) is 4.39 Å². The maximum atomic E-state index is 13.6. The zero-order valence-electron chi connectivity index (χ0n) is 15.4. The van der Waals surface area contributed by atoms with Crippen LogP contribution in [-0.2, 0) is 17.1 Å². The molecule has 0 saturated heterocycles. The Balaban J connectivity index is 1.59. The summed E-state index contributed by atoms with van der Waals surface area (Å²) in [6, 6.07) is 13.0. The van der Waals surface area contributed by atoms with E-state index in [1.165, 1.54) is 17.8 Å². The fraction of sp³-hybridized carbons (Fsp3) is 0.200. The molecule has 0 aliphatic carbocycles. The van der Waals surface area contributed by atoms with Crippen LogP contribution in [0.1, 0.15) is 16.1 Å². The number of amides is 2. The summed E-state index contributed by atoms with van der Waals surface area (Å²) >= 11 is 1.48. The summed E-state index contributed by atoms with van der Waals surface area (Å²) in [5.74, 6) is -0.379. The Hall–Kier alpha value is -3.20. The molecule has 0 fully saturated rings. The molecule has 2 aromatic carbocycles. The number of carbonyl (C=O) groups excluding carboxylic acids is 2. The molecule has 2 amide bonds. The summed E-state index contributed by atoms with van der Waals surface area (Å²) in [5, 5.41) is 7.26. The van der Waals surface area contributed by atoms with Crippen molar-refractivity contribution in [3.05, 3.63) is 76.0 Å². The van der Waals surface area contributed by atoms with Gasteiger partial charge < -0.3 is 11.1 Å². The van der Waals surface area contributed by atoms with Gasteiger partial charge in [0.05, 0.1) is 5.39 Å². The number of thioether (sulfide) groups is 1. The minimum Gasteiger partial charge on any atom is -0.364 e. The monoisotopic (exact) mass is 414 g/mol. The molecule has 1 aromatic heterocycles.